The quantitative estimate of drug-likeness (QED) is 0.625. The molecule has 1 aromatic rings. The normalized spacial score (nSPS) is 25.8. The first-order chi connectivity index (χ1) is 9.52. The van der Waals surface area contributed by atoms with Crippen LogP contribution in [0.25, 0.3) is 0 Å². The number of ether oxygens (including phenoxy) is 1. The van der Waals surface area contributed by atoms with Crippen molar-refractivity contribution in [1.29, 1.82) is 0 Å². The van der Waals surface area contributed by atoms with Crippen LogP contribution < -0.4 is 0 Å². The summed E-state index contributed by atoms with van der Waals surface area (Å²) in [6.45, 7) is 6.78. The van der Waals surface area contributed by atoms with Crippen molar-refractivity contribution in [2.24, 2.45) is 5.92 Å². The molecule has 0 bridgehead atoms. The standard InChI is InChI=1S/C16H24O3Si/c1-4-18-16(17)14-10-11-20(2,3)19-15(12-14)13-8-6-5-7-9-13/h5-9,14-15H,4,10-12H2,1-3H3/t14-,15-/m1/s1. The van der Waals surface area contributed by atoms with Crippen molar-refractivity contribution in [1.82, 2.24) is 0 Å². The van der Waals surface area contributed by atoms with Crippen molar-refractivity contribution in [3.05, 3.63) is 35.9 Å². The second kappa shape index (κ2) is 6.55. The molecule has 1 aliphatic heterocycles. The molecular formula is C16H24O3Si. The highest BCUT2D eigenvalue weighted by Crippen LogP contribution is 2.37. The van der Waals surface area contributed by atoms with Crippen LogP contribution in [0.4, 0.5) is 0 Å². The summed E-state index contributed by atoms with van der Waals surface area (Å²) in [5, 5.41) is 0. The smallest absolute Gasteiger partial charge is 0.309 e. The zero-order valence-corrected chi connectivity index (χ0v) is 13.6. The lowest BCUT2D eigenvalue weighted by Gasteiger charge is -2.26. The van der Waals surface area contributed by atoms with E-state index in [0.717, 1.165) is 18.9 Å². The Morgan fingerprint density at radius 3 is 2.70 bits per heavy atom. The Bertz CT molecular complexity index is 444. The van der Waals surface area contributed by atoms with Crippen LogP contribution in [0.1, 0.15) is 31.4 Å². The van der Waals surface area contributed by atoms with Gasteiger partial charge in [0, 0.05) is 0 Å². The van der Waals surface area contributed by atoms with Crippen LogP contribution in [-0.4, -0.2) is 20.9 Å². The zero-order valence-electron chi connectivity index (χ0n) is 12.6. The molecule has 0 amide bonds. The maximum Gasteiger partial charge on any atom is 0.309 e. The van der Waals surface area contributed by atoms with E-state index in [1.54, 1.807) is 0 Å². The van der Waals surface area contributed by atoms with Gasteiger partial charge in [-0.1, -0.05) is 30.3 Å². The van der Waals surface area contributed by atoms with Gasteiger partial charge in [0.25, 0.3) is 0 Å². The summed E-state index contributed by atoms with van der Waals surface area (Å²) in [7, 11) is -1.71. The van der Waals surface area contributed by atoms with Crippen molar-refractivity contribution in [2.75, 3.05) is 6.61 Å². The summed E-state index contributed by atoms with van der Waals surface area (Å²) in [5.41, 5.74) is 1.17. The zero-order chi connectivity index (χ0) is 14.6. The average molecular weight is 292 g/mol. The third-order valence-corrected chi connectivity index (χ3v) is 6.26. The molecule has 20 heavy (non-hydrogen) atoms. The van der Waals surface area contributed by atoms with Crippen molar-refractivity contribution < 1.29 is 14.0 Å². The molecule has 4 heteroatoms. The van der Waals surface area contributed by atoms with Gasteiger partial charge in [-0.25, -0.2) is 0 Å². The van der Waals surface area contributed by atoms with Crippen LogP contribution in [-0.2, 0) is 14.0 Å². The first kappa shape index (κ1) is 15.3. The molecule has 1 fully saturated rings. The summed E-state index contributed by atoms with van der Waals surface area (Å²) >= 11 is 0. The highest BCUT2D eigenvalue weighted by molar-refractivity contribution is 6.71. The molecule has 110 valence electrons. The summed E-state index contributed by atoms with van der Waals surface area (Å²) in [5.74, 6) is -0.0989. The second-order valence-electron chi connectivity index (χ2n) is 6.00. The Balaban J connectivity index is 2.18. The highest BCUT2D eigenvalue weighted by Gasteiger charge is 2.36. The third-order valence-electron chi connectivity index (χ3n) is 3.85. The number of rotatable bonds is 3. The molecule has 0 aliphatic carbocycles. The number of esters is 1. The van der Waals surface area contributed by atoms with E-state index < -0.39 is 8.32 Å². The van der Waals surface area contributed by atoms with Gasteiger partial charge < -0.3 is 9.16 Å². The van der Waals surface area contributed by atoms with Gasteiger partial charge >= 0.3 is 5.97 Å². The number of benzene rings is 1. The van der Waals surface area contributed by atoms with Gasteiger partial charge in [-0.3, -0.25) is 4.79 Å². The monoisotopic (exact) mass is 292 g/mol. The molecule has 0 radical (unpaired) electrons. The molecule has 1 aromatic carbocycles. The van der Waals surface area contributed by atoms with Gasteiger partial charge in [0.15, 0.2) is 8.32 Å². The number of hydrogen-bond acceptors (Lipinski definition) is 3. The van der Waals surface area contributed by atoms with E-state index in [1.165, 1.54) is 5.56 Å². The molecule has 1 aliphatic rings. The molecule has 0 saturated carbocycles. The van der Waals surface area contributed by atoms with E-state index in [2.05, 4.69) is 25.2 Å². The Kier molecular flexibility index (Phi) is 4.99. The fraction of sp³-hybridized carbons (Fsp3) is 0.562. The SMILES string of the molecule is CCOC(=O)[C@@H]1CC[Si](C)(C)O[C@@H](c2ccccc2)C1. The lowest BCUT2D eigenvalue weighted by Crippen LogP contribution is -2.30. The minimum atomic E-state index is -1.71. The lowest BCUT2D eigenvalue weighted by atomic mass is 9.95. The summed E-state index contributed by atoms with van der Waals surface area (Å²) < 4.78 is 11.6. The maximum atomic E-state index is 12.1. The van der Waals surface area contributed by atoms with Crippen LogP contribution in [0.3, 0.4) is 0 Å². The molecule has 2 rings (SSSR count). The summed E-state index contributed by atoms with van der Waals surface area (Å²) in [6.07, 6.45) is 1.65. The Labute approximate surface area is 122 Å². The number of carbonyl (C=O) groups is 1. The van der Waals surface area contributed by atoms with Crippen molar-refractivity contribution in [3.8, 4) is 0 Å². The summed E-state index contributed by atoms with van der Waals surface area (Å²) in [4.78, 5) is 12.1. The van der Waals surface area contributed by atoms with Crippen molar-refractivity contribution in [2.45, 2.75) is 45.0 Å². The second-order valence-corrected chi connectivity index (χ2v) is 10.3. The van der Waals surface area contributed by atoms with E-state index >= 15 is 0 Å². The van der Waals surface area contributed by atoms with Crippen molar-refractivity contribution in [3.63, 3.8) is 0 Å². The van der Waals surface area contributed by atoms with Gasteiger partial charge in [-0.15, -0.1) is 0 Å². The Morgan fingerprint density at radius 2 is 2.05 bits per heavy atom. The van der Waals surface area contributed by atoms with Gasteiger partial charge in [-0.2, -0.15) is 0 Å². The number of carbonyl (C=O) groups excluding carboxylic acids is 1. The minimum absolute atomic E-state index is 0.0229. The van der Waals surface area contributed by atoms with Crippen LogP contribution >= 0.6 is 0 Å². The van der Waals surface area contributed by atoms with Crippen molar-refractivity contribution >= 4 is 14.3 Å². The molecule has 2 atom stereocenters. The van der Waals surface area contributed by atoms with Crippen LogP contribution in [0, 0.1) is 5.92 Å². The van der Waals surface area contributed by atoms with Gasteiger partial charge in [0.05, 0.1) is 18.6 Å². The first-order valence-electron chi connectivity index (χ1n) is 7.41. The Morgan fingerprint density at radius 1 is 1.35 bits per heavy atom. The Hall–Kier alpha value is -1.13. The molecule has 3 nitrogen and oxygen atoms in total. The largest absolute Gasteiger partial charge is 0.466 e. The highest BCUT2D eigenvalue weighted by atomic mass is 28.4. The van der Waals surface area contributed by atoms with E-state index in [0.29, 0.717) is 6.61 Å². The summed E-state index contributed by atoms with van der Waals surface area (Å²) in [6, 6.07) is 11.2. The van der Waals surface area contributed by atoms with E-state index in [4.69, 9.17) is 9.16 Å². The van der Waals surface area contributed by atoms with E-state index in [-0.39, 0.29) is 18.0 Å². The molecule has 0 N–H and O–H groups in total. The van der Waals surface area contributed by atoms with E-state index in [9.17, 15) is 4.79 Å². The predicted octanol–water partition coefficient (Wildman–Crippen LogP) is 3.92. The molecule has 0 aromatic heterocycles. The fourth-order valence-electron chi connectivity index (χ4n) is 2.74. The minimum Gasteiger partial charge on any atom is -0.466 e. The van der Waals surface area contributed by atoms with Crippen LogP contribution in [0.5, 0.6) is 0 Å². The van der Waals surface area contributed by atoms with Gasteiger partial charge in [0.2, 0.25) is 0 Å². The molecular weight excluding hydrogens is 268 g/mol. The maximum absolute atomic E-state index is 12.1. The van der Waals surface area contributed by atoms with Crippen LogP contribution in [0.15, 0.2) is 30.3 Å². The fourth-order valence-corrected chi connectivity index (χ4v) is 4.90. The molecule has 0 unspecified atom stereocenters. The van der Waals surface area contributed by atoms with Crippen LogP contribution in [0.2, 0.25) is 19.1 Å². The van der Waals surface area contributed by atoms with Gasteiger partial charge in [-0.05, 0) is 44.5 Å². The molecule has 1 heterocycles. The molecule has 0 spiro atoms. The third kappa shape index (κ3) is 3.93. The topological polar surface area (TPSA) is 35.5 Å². The lowest BCUT2D eigenvalue weighted by molar-refractivity contribution is -0.148. The number of hydrogen-bond donors (Lipinski definition) is 0. The van der Waals surface area contributed by atoms with E-state index in [1.807, 2.05) is 25.1 Å². The van der Waals surface area contributed by atoms with Gasteiger partial charge in [0.1, 0.15) is 0 Å². The first-order valence-corrected chi connectivity index (χ1v) is 10.5. The molecule has 1 saturated heterocycles. The average Bonchev–Trinajstić information content (AvgIpc) is 2.59. The predicted molar refractivity (Wildman–Crippen MR) is 81.9 cm³/mol.